The fourth-order valence-electron chi connectivity index (χ4n) is 2.25. The molecule has 0 radical (unpaired) electrons. The molecular formula is C16H22N2O2. The summed E-state index contributed by atoms with van der Waals surface area (Å²) in [7, 11) is 1.60. The maximum absolute atomic E-state index is 9.66. The number of aromatic nitrogens is 2. The zero-order chi connectivity index (χ0) is 14.9. The molecule has 1 heterocycles. The van der Waals surface area contributed by atoms with Gasteiger partial charge in [-0.1, -0.05) is 38.5 Å². The van der Waals surface area contributed by atoms with Crippen molar-refractivity contribution in [1.82, 2.24) is 9.78 Å². The molecule has 0 atom stereocenters. The van der Waals surface area contributed by atoms with E-state index in [-0.39, 0.29) is 12.0 Å². The van der Waals surface area contributed by atoms with Crippen LogP contribution in [0.1, 0.15) is 37.6 Å². The van der Waals surface area contributed by atoms with Crippen LogP contribution in [0.2, 0.25) is 0 Å². The topological polar surface area (TPSA) is 47.3 Å². The fraction of sp³-hybridized carbons (Fsp3) is 0.438. The second-order valence-corrected chi connectivity index (χ2v) is 5.99. The molecule has 4 nitrogen and oxygen atoms in total. The Morgan fingerprint density at radius 3 is 2.25 bits per heavy atom. The Morgan fingerprint density at radius 1 is 1.20 bits per heavy atom. The summed E-state index contributed by atoms with van der Waals surface area (Å²) in [6, 6.07) is 8.06. The molecule has 0 spiro atoms. The van der Waals surface area contributed by atoms with Crippen LogP contribution >= 0.6 is 0 Å². The molecule has 1 N–H and O–H groups in total. The van der Waals surface area contributed by atoms with Gasteiger partial charge >= 0.3 is 0 Å². The minimum absolute atomic E-state index is 0.0817. The minimum Gasteiger partial charge on any atom is -0.481 e. The molecule has 0 bridgehead atoms. The van der Waals surface area contributed by atoms with Crippen LogP contribution in [-0.2, 0) is 12.0 Å². The molecule has 0 saturated heterocycles. The average Bonchev–Trinajstić information content (AvgIpc) is 2.77. The zero-order valence-electron chi connectivity index (χ0n) is 12.8. The molecule has 0 aliphatic heterocycles. The third kappa shape index (κ3) is 2.56. The van der Waals surface area contributed by atoms with Crippen LogP contribution in [0.3, 0.4) is 0 Å². The molecule has 0 aliphatic carbocycles. The zero-order valence-corrected chi connectivity index (χ0v) is 12.8. The highest BCUT2D eigenvalue weighted by molar-refractivity contribution is 5.43. The summed E-state index contributed by atoms with van der Waals surface area (Å²) in [5.74, 6) is 0.598. The van der Waals surface area contributed by atoms with Crippen LogP contribution in [0, 0.1) is 6.92 Å². The fourth-order valence-corrected chi connectivity index (χ4v) is 2.25. The van der Waals surface area contributed by atoms with E-state index >= 15 is 0 Å². The van der Waals surface area contributed by atoms with Gasteiger partial charge in [-0.3, -0.25) is 0 Å². The summed E-state index contributed by atoms with van der Waals surface area (Å²) in [5, 5.41) is 14.3. The van der Waals surface area contributed by atoms with Crippen molar-refractivity contribution in [2.75, 3.05) is 7.11 Å². The predicted octanol–water partition coefficient (Wildman–Crippen LogP) is 2.98. The Kier molecular flexibility index (Phi) is 3.86. The first-order valence-electron chi connectivity index (χ1n) is 6.72. The first-order valence-corrected chi connectivity index (χ1v) is 6.72. The van der Waals surface area contributed by atoms with E-state index in [0.717, 1.165) is 16.9 Å². The van der Waals surface area contributed by atoms with Crippen LogP contribution in [-0.4, -0.2) is 22.0 Å². The predicted molar refractivity (Wildman–Crippen MR) is 79.5 cm³/mol. The Morgan fingerprint density at radius 2 is 1.80 bits per heavy atom. The van der Waals surface area contributed by atoms with Gasteiger partial charge in [0.2, 0.25) is 5.88 Å². The number of ether oxygens (including phenoxy) is 1. The first kappa shape index (κ1) is 14.6. The Labute approximate surface area is 120 Å². The number of methoxy groups -OCH3 is 1. The summed E-state index contributed by atoms with van der Waals surface area (Å²) < 4.78 is 7.22. The van der Waals surface area contributed by atoms with E-state index in [4.69, 9.17) is 4.74 Å². The van der Waals surface area contributed by atoms with E-state index in [0.29, 0.717) is 5.88 Å². The highest BCUT2D eigenvalue weighted by Gasteiger charge is 2.27. The second-order valence-electron chi connectivity index (χ2n) is 5.99. The second kappa shape index (κ2) is 5.29. The molecule has 2 aromatic rings. The van der Waals surface area contributed by atoms with Crippen molar-refractivity contribution in [3.63, 3.8) is 0 Å². The van der Waals surface area contributed by atoms with E-state index in [2.05, 4.69) is 25.9 Å². The van der Waals surface area contributed by atoms with Crippen molar-refractivity contribution < 1.29 is 9.84 Å². The molecule has 0 amide bonds. The van der Waals surface area contributed by atoms with E-state index in [1.54, 1.807) is 11.8 Å². The van der Waals surface area contributed by atoms with Crippen LogP contribution in [0.15, 0.2) is 24.3 Å². The van der Waals surface area contributed by atoms with E-state index in [1.807, 2.05) is 31.2 Å². The van der Waals surface area contributed by atoms with Gasteiger partial charge in [0.05, 0.1) is 30.7 Å². The molecule has 1 aromatic heterocycles. The molecule has 1 aromatic carbocycles. The van der Waals surface area contributed by atoms with Gasteiger partial charge in [0.25, 0.3) is 0 Å². The maximum Gasteiger partial charge on any atom is 0.222 e. The number of hydrogen-bond donors (Lipinski definition) is 1. The van der Waals surface area contributed by atoms with Crippen molar-refractivity contribution in [2.24, 2.45) is 0 Å². The van der Waals surface area contributed by atoms with E-state index in [9.17, 15) is 5.11 Å². The standard InChI is InChI=1S/C16H22N2O2/c1-11-6-8-12(9-7-11)18-15(20-5)13(10-19)14(17-18)16(2,3)4/h6-9,19H,10H2,1-5H3. The van der Waals surface area contributed by atoms with E-state index < -0.39 is 0 Å². The summed E-state index contributed by atoms with van der Waals surface area (Å²) in [5.41, 5.74) is 3.58. The SMILES string of the molecule is COc1c(CO)c(C(C)(C)C)nn1-c1ccc(C)cc1. The highest BCUT2D eigenvalue weighted by atomic mass is 16.5. The number of nitrogens with zero attached hydrogens (tertiary/aromatic N) is 2. The molecule has 4 heteroatoms. The van der Waals surface area contributed by atoms with Gasteiger partial charge in [-0.05, 0) is 19.1 Å². The molecule has 2 rings (SSSR count). The molecule has 0 unspecified atom stereocenters. The van der Waals surface area contributed by atoms with E-state index in [1.165, 1.54) is 5.56 Å². The summed E-state index contributed by atoms with van der Waals surface area (Å²) in [6.07, 6.45) is 0. The van der Waals surface area contributed by atoms with Gasteiger partial charge < -0.3 is 9.84 Å². The van der Waals surface area contributed by atoms with Gasteiger partial charge in [-0.25, -0.2) is 4.68 Å². The lowest BCUT2D eigenvalue weighted by molar-refractivity contribution is 0.269. The lowest BCUT2D eigenvalue weighted by Gasteiger charge is -2.16. The molecule has 0 aliphatic rings. The normalized spacial score (nSPS) is 11.7. The maximum atomic E-state index is 9.66. The monoisotopic (exact) mass is 274 g/mol. The van der Waals surface area contributed by atoms with Crippen molar-refractivity contribution in [3.05, 3.63) is 41.1 Å². The van der Waals surface area contributed by atoms with Crippen molar-refractivity contribution in [2.45, 2.75) is 39.7 Å². The number of benzene rings is 1. The van der Waals surface area contributed by atoms with Gasteiger partial charge in [0, 0.05) is 5.41 Å². The summed E-state index contributed by atoms with van der Waals surface area (Å²) >= 11 is 0. The molecule has 108 valence electrons. The molecule has 20 heavy (non-hydrogen) atoms. The molecule has 0 fully saturated rings. The number of rotatable bonds is 3. The lowest BCUT2D eigenvalue weighted by atomic mass is 9.89. The molecule has 0 saturated carbocycles. The number of hydrogen-bond acceptors (Lipinski definition) is 3. The van der Waals surface area contributed by atoms with Gasteiger partial charge in [-0.2, -0.15) is 5.10 Å². The Bertz CT molecular complexity index is 592. The Balaban J connectivity index is 2.64. The number of aryl methyl sites for hydroxylation is 1. The smallest absolute Gasteiger partial charge is 0.222 e. The van der Waals surface area contributed by atoms with Gasteiger partial charge in [-0.15, -0.1) is 0 Å². The van der Waals surface area contributed by atoms with Crippen molar-refractivity contribution in [1.29, 1.82) is 0 Å². The lowest BCUT2D eigenvalue weighted by Crippen LogP contribution is -2.15. The van der Waals surface area contributed by atoms with Gasteiger partial charge in [0.1, 0.15) is 0 Å². The van der Waals surface area contributed by atoms with Crippen molar-refractivity contribution >= 4 is 0 Å². The third-order valence-electron chi connectivity index (χ3n) is 3.28. The largest absolute Gasteiger partial charge is 0.481 e. The van der Waals surface area contributed by atoms with Crippen LogP contribution in [0.25, 0.3) is 5.69 Å². The van der Waals surface area contributed by atoms with Crippen LogP contribution in [0.4, 0.5) is 0 Å². The number of aliphatic hydroxyl groups excluding tert-OH is 1. The van der Waals surface area contributed by atoms with Crippen molar-refractivity contribution in [3.8, 4) is 11.6 Å². The van der Waals surface area contributed by atoms with Crippen LogP contribution < -0.4 is 4.74 Å². The summed E-state index contributed by atoms with van der Waals surface area (Å²) in [6.45, 7) is 8.19. The average molecular weight is 274 g/mol. The van der Waals surface area contributed by atoms with Crippen LogP contribution in [0.5, 0.6) is 5.88 Å². The summed E-state index contributed by atoms with van der Waals surface area (Å²) in [4.78, 5) is 0. The number of aliphatic hydroxyl groups is 1. The van der Waals surface area contributed by atoms with Gasteiger partial charge in [0.15, 0.2) is 0 Å². The molecular weight excluding hydrogens is 252 g/mol. The first-order chi connectivity index (χ1) is 9.38. The quantitative estimate of drug-likeness (QED) is 0.936. The third-order valence-corrected chi connectivity index (χ3v) is 3.28. The Hall–Kier alpha value is -1.81. The highest BCUT2D eigenvalue weighted by Crippen LogP contribution is 2.33. The minimum atomic E-state index is -0.151.